The number of hydrogen-bond acceptors (Lipinski definition) is 7. The Kier molecular flexibility index (Phi) is 4.94. The van der Waals surface area contributed by atoms with Gasteiger partial charge in [-0.25, -0.2) is 0 Å². The molecule has 0 spiro atoms. The third kappa shape index (κ3) is 3.12. The summed E-state index contributed by atoms with van der Waals surface area (Å²) >= 11 is 0. The molecule has 1 aliphatic carbocycles. The second-order valence-electron chi connectivity index (χ2n) is 6.12. The quantitative estimate of drug-likeness (QED) is 0.620. The Hall–Kier alpha value is -2.41. The largest absolute Gasteiger partial charge is 0.508 e. The molecular formula is C17H20O7. The normalized spacial score (nSPS) is 29.8. The number of phenolic OH excluding ortho intramolecular Hbond substituents is 1. The van der Waals surface area contributed by atoms with Gasteiger partial charge in [-0.2, -0.15) is 0 Å². The Morgan fingerprint density at radius 1 is 1.21 bits per heavy atom. The maximum atomic E-state index is 12.5. The van der Waals surface area contributed by atoms with Gasteiger partial charge in [0.15, 0.2) is 5.78 Å². The van der Waals surface area contributed by atoms with Crippen LogP contribution in [0.15, 0.2) is 24.3 Å². The van der Waals surface area contributed by atoms with Crippen LogP contribution in [0.1, 0.15) is 24.8 Å². The number of carbonyl (C=O) groups is 3. The molecule has 1 saturated carbocycles. The molecule has 1 aromatic carbocycles. The molecule has 0 saturated heterocycles. The van der Waals surface area contributed by atoms with E-state index in [0.29, 0.717) is 5.56 Å². The summed E-state index contributed by atoms with van der Waals surface area (Å²) in [5, 5.41) is 20.4. The molecule has 0 aliphatic heterocycles. The maximum Gasteiger partial charge on any atom is 0.316 e. The molecule has 7 nitrogen and oxygen atoms in total. The molecule has 4 atom stereocenters. The number of ketones is 1. The fraction of sp³-hybridized carbons (Fsp3) is 0.471. The van der Waals surface area contributed by atoms with Gasteiger partial charge in [0.2, 0.25) is 0 Å². The van der Waals surface area contributed by atoms with Crippen LogP contribution >= 0.6 is 0 Å². The molecule has 2 N–H and O–H groups in total. The average molecular weight is 336 g/mol. The van der Waals surface area contributed by atoms with Crippen LogP contribution in [0.5, 0.6) is 5.75 Å². The van der Waals surface area contributed by atoms with Crippen molar-refractivity contribution < 1.29 is 34.1 Å². The first-order valence-electron chi connectivity index (χ1n) is 7.42. The van der Waals surface area contributed by atoms with Crippen LogP contribution in [0.2, 0.25) is 0 Å². The van der Waals surface area contributed by atoms with Crippen LogP contribution in [0.25, 0.3) is 0 Å². The standard InChI is InChI=1S/C17H20O7/c1-17(22)8-11(19)13(15(20)23-2)12(14(17)16(21)24-3)9-5-4-6-10(18)7-9/h4-7,12-14,18,22H,8H2,1-3H3/t12-,13-,14+,17-/m1/s1. The van der Waals surface area contributed by atoms with Crippen LogP contribution in [-0.4, -0.2) is 47.8 Å². The summed E-state index contributed by atoms with van der Waals surface area (Å²) in [5.41, 5.74) is -1.32. The molecule has 24 heavy (non-hydrogen) atoms. The van der Waals surface area contributed by atoms with Crippen LogP contribution in [0.4, 0.5) is 0 Å². The summed E-state index contributed by atoms with van der Waals surface area (Å²) in [6.45, 7) is 1.36. The van der Waals surface area contributed by atoms with Gasteiger partial charge in [0.05, 0.1) is 25.7 Å². The molecule has 1 fully saturated rings. The Labute approximate surface area is 139 Å². The number of benzene rings is 1. The first kappa shape index (κ1) is 17.9. The maximum absolute atomic E-state index is 12.5. The SMILES string of the molecule is COC(=O)[C@@H]1C(=O)C[C@@](C)(O)[C@H](C(=O)OC)[C@@H]1c1cccc(O)c1. The van der Waals surface area contributed by atoms with Crippen molar-refractivity contribution in [3.8, 4) is 5.75 Å². The summed E-state index contributed by atoms with van der Waals surface area (Å²) in [4.78, 5) is 36.9. The molecule has 1 aliphatic rings. The Morgan fingerprint density at radius 2 is 1.83 bits per heavy atom. The summed E-state index contributed by atoms with van der Waals surface area (Å²) < 4.78 is 9.50. The number of esters is 2. The minimum Gasteiger partial charge on any atom is -0.508 e. The molecule has 1 aromatic rings. The molecule has 0 bridgehead atoms. The number of Topliss-reactive ketones (excluding diaryl/α,β-unsaturated/α-hetero) is 1. The highest BCUT2D eigenvalue weighted by atomic mass is 16.5. The van der Waals surface area contributed by atoms with E-state index >= 15 is 0 Å². The van der Waals surface area contributed by atoms with Gasteiger partial charge in [-0.3, -0.25) is 14.4 Å². The minimum atomic E-state index is -1.69. The lowest BCUT2D eigenvalue weighted by Gasteiger charge is -2.43. The Morgan fingerprint density at radius 3 is 2.38 bits per heavy atom. The zero-order valence-electron chi connectivity index (χ0n) is 13.7. The van der Waals surface area contributed by atoms with Crippen molar-refractivity contribution in [1.29, 1.82) is 0 Å². The number of aromatic hydroxyl groups is 1. The van der Waals surface area contributed by atoms with Crippen LogP contribution in [0.3, 0.4) is 0 Å². The van der Waals surface area contributed by atoms with Crippen LogP contribution in [-0.2, 0) is 23.9 Å². The summed E-state index contributed by atoms with van der Waals surface area (Å²) in [6, 6.07) is 5.88. The first-order chi connectivity index (χ1) is 11.2. The van der Waals surface area contributed by atoms with E-state index in [4.69, 9.17) is 9.47 Å². The molecule has 0 unspecified atom stereocenters. The van der Waals surface area contributed by atoms with Crippen LogP contribution < -0.4 is 0 Å². The lowest BCUT2D eigenvalue weighted by Crippen LogP contribution is -2.55. The number of aliphatic hydroxyl groups is 1. The van der Waals surface area contributed by atoms with E-state index in [9.17, 15) is 24.6 Å². The van der Waals surface area contributed by atoms with E-state index < -0.39 is 41.1 Å². The van der Waals surface area contributed by atoms with Gasteiger partial charge >= 0.3 is 11.9 Å². The number of rotatable bonds is 3. The van der Waals surface area contributed by atoms with Crippen molar-refractivity contribution in [2.75, 3.05) is 14.2 Å². The average Bonchev–Trinajstić information content (AvgIpc) is 2.52. The highest BCUT2D eigenvalue weighted by Crippen LogP contribution is 2.47. The number of phenols is 1. The minimum absolute atomic E-state index is 0.0857. The van der Waals surface area contributed by atoms with Gasteiger partial charge in [-0.05, 0) is 24.6 Å². The third-order valence-electron chi connectivity index (χ3n) is 4.43. The van der Waals surface area contributed by atoms with Gasteiger partial charge in [-0.1, -0.05) is 12.1 Å². The molecule has 0 radical (unpaired) electrons. The lowest BCUT2D eigenvalue weighted by atomic mass is 9.61. The first-order valence-corrected chi connectivity index (χ1v) is 7.42. The van der Waals surface area contributed by atoms with E-state index in [-0.39, 0.29) is 12.2 Å². The Balaban J connectivity index is 2.65. The molecule has 0 amide bonds. The number of carbonyl (C=O) groups excluding carboxylic acids is 3. The number of methoxy groups -OCH3 is 2. The second kappa shape index (κ2) is 6.60. The van der Waals surface area contributed by atoms with Gasteiger partial charge in [-0.15, -0.1) is 0 Å². The zero-order valence-corrected chi connectivity index (χ0v) is 13.7. The van der Waals surface area contributed by atoms with Gasteiger partial charge in [0.1, 0.15) is 11.7 Å². The van der Waals surface area contributed by atoms with Crippen molar-refractivity contribution in [2.24, 2.45) is 11.8 Å². The van der Waals surface area contributed by atoms with Crippen molar-refractivity contribution in [3.05, 3.63) is 29.8 Å². The summed E-state index contributed by atoms with van der Waals surface area (Å²) in [5.74, 6) is -5.58. The van der Waals surface area contributed by atoms with E-state index in [2.05, 4.69) is 0 Å². The summed E-state index contributed by atoms with van der Waals surface area (Å²) in [6.07, 6.45) is -0.373. The molecule has 7 heteroatoms. The van der Waals surface area contributed by atoms with E-state index in [0.717, 1.165) is 7.11 Å². The molecule has 0 heterocycles. The van der Waals surface area contributed by atoms with Gasteiger partial charge < -0.3 is 19.7 Å². The second-order valence-corrected chi connectivity index (χ2v) is 6.12. The van der Waals surface area contributed by atoms with Crippen molar-refractivity contribution >= 4 is 17.7 Å². The lowest BCUT2D eigenvalue weighted by molar-refractivity contribution is -0.170. The summed E-state index contributed by atoms with van der Waals surface area (Å²) in [7, 11) is 2.32. The van der Waals surface area contributed by atoms with Crippen molar-refractivity contribution in [3.63, 3.8) is 0 Å². The molecule has 130 valence electrons. The highest BCUT2D eigenvalue weighted by Gasteiger charge is 2.56. The van der Waals surface area contributed by atoms with Gasteiger partial charge in [0, 0.05) is 12.3 Å². The number of hydrogen-bond donors (Lipinski definition) is 2. The van der Waals surface area contributed by atoms with E-state index in [1.807, 2.05) is 0 Å². The fourth-order valence-corrected chi connectivity index (χ4v) is 3.40. The van der Waals surface area contributed by atoms with Crippen LogP contribution in [0, 0.1) is 11.8 Å². The van der Waals surface area contributed by atoms with E-state index in [1.165, 1.54) is 32.2 Å². The zero-order chi connectivity index (χ0) is 18.1. The highest BCUT2D eigenvalue weighted by molar-refractivity contribution is 6.02. The molecule has 0 aromatic heterocycles. The smallest absolute Gasteiger partial charge is 0.316 e. The van der Waals surface area contributed by atoms with Crippen molar-refractivity contribution in [2.45, 2.75) is 24.9 Å². The third-order valence-corrected chi connectivity index (χ3v) is 4.43. The monoisotopic (exact) mass is 336 g/mol. The molecular weight excluding hydrogens is 316 g/mol. The van der Waals surface area contributed by atoms with E-state index in [1.54, 1.807) is 6.07 Å². The van der Waals surface area contributed by atoms with Gasteiger partial charge in [0.25, 0.3) is 0 Å². The topological polar surface area (TPSA) is 110 Å². The Bertz CT molecular complexity index is 665. The predicted molar refractivity (Wildman–Crippen MR) is 82.1 cm³/mol. The number of ether oxygens (including phenoxy) is 2. The fourth-order valence-electron chi connectivity index (χ4n) is 3.40. The predicted octanol–water partition coefficient (Wildman–Crippen LogP) is 0.778. The molecule has 2 rings (SSSR count). The van der Waals surface area contributed by atoms with Crippen molar-refractivity contribution in [1.82, 2.24) is 0 Å².